The monoisotopic (exact) mass is 488 g/mol. The van der Waals surface area contributed by atoms with Crippen molar-refractivity contribution in [2.45, 2.75) is 13.8 Å². The maximum absolute atomic E-state index is 11.9. The van der Waals surface area contributed by atoms with E-state index in [0.29, 0.717) is 20.8 Å². The Morgan fingerprint density at radius 2 is 2.00 bits per heavy atom. The van der Waals surface area contributed by atoms with Crippen molar-refractivity contribution in [3.8, 4) is 11.5 Å². The summed E-state index contributed by atoms with van der Waals surface area (Å²) in [7, 11) is 0. The number of carbonyl (C=O) groups is 1. The number of nitrogens with one attached hydrogen (secondary N) is 1. The molecule has 1 amide bonds. The van der Waals surface area contributed by atoms with Crippen LogP contribution < -0.4 is 10.2 Å². The first kappa shape index (κ1) is 19.8. The summed E-state index contributed by atoms with van der Waals surface area (Å²) in [5.41, 5.74) is 4.73. The number of nitrogens with zero attached hydrogens (tertiary/aromatic N) is 1. The van der Waals surface area contributed by atoms with Crippen LogP contribution in [-0.2, 0) is 4.79 Å². The molecule has 0 aliphatic carbocycles. The van der Waals surface area contributed by atoms with E-state index in [-0.39, 0.29) is 12.4 Å². The Hall–Kier alpha value is -1.57. The number of rotatable bonds is 5. The predicted molar refractivity (Wildman–Crippen MR) is 106 cm³/mol. The second-order valence-electron chi connectivity index (χ2n) is 5.30. The molecule has 2 aromatic carbocycles. The largest absolute Gasteiger partial charge is 0.506 e. The zero-order valence-electron chi connectivity index (χ0n) is 13.4. The maximum atomic E-state index is 11.9. The zero-order valence-corrected chi connectivity index (χ0v) is 17.4. The Kier molecular flexibility index (Phi) is 6.87. The molecule has 0 fully saturated rings. The number of hydrogen-bond acceptors (Lipinski definition) is 4. The van der Waals surface area contributed by atoms with Crippen molar-refractivity contribution >= 4 is 55.6 Å². The summed E-state index contributed by atoms with van der Waals surface area (Å²) in [6, 6.07) is 6.97. The third-order valence-corrected chi connectivity index (χ3v) is 4.58. The predicted octanol–water partition coefficient (Wildman–Crippen LogP) is 4.72. The molecular formula is C17H15Br2ClN2O3. The minimum atomic E-state index is -0.427. The quantitative estimate of drug-likeness (QED) is 0.471. The Bertz CT molecular complexity index is 818. The van der Waals surface area contributed by atoms with Gasteiger partial charge in [0.05, 0.1) is 15.2 Å². The van der Waals surface area contributed by atoms with Crippen molar-refractivity contribution in [2.75, 3.05) is 6.61 Å². The van der Waals surface area contributed by atoms with Crippen LogP contribution in [0, 0.1) is 13.8 Å². The molecule has 2 aromatic rings. The van der Waals surface area contributed by atoms with Crippen LogP contribution in [0.3, 0.4) is 0 Å². The Balaban J connectivity index is 1.96. The van der Waals surface area contributed by atoms with Crippen molar-refractivity contribution in [1.29, 1.82) is 0 Å². The van der Waals surface area contributed by atoms with E-state index in [2.05, 4.69) is 42.4 Å². The maximum Gasteiger partial charge on any atom is 0.277 e. The summed E-state index contributed by atoms with van der Waals surface area (Å²) in [5, 5.41) is 14.1. The molecule has 2 rings (SSSR count). The normalized spacial score (nSPS) is 10.9. The van der Waals surface area contributed by atoms with Crippen molar-refractivity contribution in [3.63, 3.8) is 0 Å². The fourth-order valence-electron chi connectivity index (χ4n) is 2.11. The molecule has 0 saturated heterocycles. The van der Waals surface area contributed by atoms with Gasteiger partial charge >= 0.3 is 0 Å². The summed E-state index contributed by atoms with van der Waals surface area (Å²) in [6.45, 7) is 3.70. The lowest BCUT2D eigenvalue weighted by Crippen LogP contribution is -2.24. The number of hydrogen-bond donors (Lipinski definition) is 2. The molecule has 0 spiro atoms. The van der Waals surface area contributed by atoms with Gasteiger partial charge in [0.1, 0.15) is 11.5 Å². The van der Waals surface area contributed by atoms with Crippen molar-refractivity contribution in [1.82, 2.24) is 5.43 Å². The molecular weight excluding hydrogens is 475 g/mol. The van der Waals surface area contributed by atoms with Crippen LogP contribution in [0.25, 0.3) is 0 Å². The number of aromatic hydroxyl groups is 1. The SMILES string of the molecule is Cc1cc(C)c(OCC(=O)N/N=C/c2cc(Cl)cc(Br)c2O)c(Br)c1. The van der Waals surface area contributed by atoms with Crippen molar-refractivity contribution < 1.29 is 14.6 Å². The van der Waals surface area contributed by atoms with Crippen LogP contribution in [0.1, 0.15) is 16.7 Å². The Morgan fingerprint density at radius 1 is 1.28 bits per heavy atom. The Morgan fingerprint density at radius 3 is 2.68 bits per heavy atom. The number of hydrazone groups is 1. The molecule has 5 nitrogen and oxygen atoms in total. The van der Waals surface area contributed by atoms with Gasteiger partial charge in [-0.25, -0.2) is 5.43 Å². The highest BCUT2D eigenvalue weighted by Crippen LogP contribution is 2.31. The van der Waals surface area contributed by atoms with E-state index in [1.807, 2.05) is 26.0 Å². The average Bonchev–Trinajstić information content (AvgIpc) is 2.50. The number of halogens is 3. The fourth-order valence-corrected chi connectivity index (χ4v) is 3.74. The number of amides is 1. The van der Waals surface area contributed by atoms with E-state index in [1.165, 1.54) is 12.3 Å². The van der Waals surface area contributed by atoms with Gasteiger partial charge < -0.3 is 9.84 Å². The molecule has 25 heavy (non-hydrogen) atoms. The summed E-state index contributed by atoms with van der Waals surface area (Å²) < 4.78 is 6.77. The standard InChI is InChI=1S/C17H15Br2ClN2O3/c1-9-3-10(2)17(14(19)4-9)25-8-15(23)22-21-7-11-5-12(20)6-13(18)16(11)24/h3-7,24H,8H2,1-2H3,(H,22,23)/b21-7+. The van der Waals surface area contributed by atoms with E-state index in [4.69, 9.17) is 16.3 Å². The summed E-state index contributed by atoms with van der Waals surface area (Å²) >= 11 is 12.5. The van der Waals surface area contributed by atoms with Gasteiger partial charge in [-0.15, -0.1) is 0 Å². The molecule has 0 unspecified atom stereocenters. The third kappa shape index (κ3) is 5.45. The van der Waals surface area contributed by atoms with Crippen molar-refractivity contribution in [3.05, 3.63) is 54.9 Å². The lowest BCUT2D eigenvalue weighted by Gasteiger charge is -2.11. The molecule has 2 N–H and O–H groups in total. The topological polar surface area (TPSA) is 70.9 Å². The van der Waals surface area contributed by atoms with Crippen LogP contribution in [0.4, 0.5) is 0 Å². The Labute approximate surface area is 167 Å². The van der Waals surface area contributed by atoms with Gasteiger partial charge in [0.25, 0.3) is 5.91 Å². The van der Waals surface area contributed by atoms with Crippen LogP contribution in [0.15, 0.2) is 38.3 Å². The van der Waals surface area contributed by atoms with E-state index in [1.54, 1.807) is 6.07 Å². The van der Waals surface area contributed by atoms with Crippen molar-refractivity contribution in [2.24, 2.45) is 5.10 Å². The molecule has 0 atom stereocenters. The van der Waals surface area contributed by atoms with Crippen LogP contribution in [0.5, 0.6) is 11.5 Å². The molecule has 132 valence electrons. The second-order valence-corrected chi connectivity index (χ2v) is 7.45. The van der Waals surface area contributed by atoms with Gasteiger partial charge in [-0.05, 0) is 75.0 Å². The molecule has 0 aliphatic rings. The van der Waals surface area contributed by atoms with Crippen LogP contribution >= 0.6 is 43.5 Å². The number of ether oxygens (including phenoxy) is 1. The summed E-state index contributed by atoms with van der Waals surface area (Å²) in [4.78, 5) is 11.9. The third-order valence-electron chi connectivity index (χ3n) is 3.17. The smallest absolute Gasteiger partial charge is 0.277 e. The zero-order chi connectivity index (χ0) is 18.6. The molecule has 0 radical (unpaired) electrons. The highest BCUT2D eigenvalue weighted by Gasteiger charge is 2.09. The highest BCUT2D eigenvalue weighted by atomic mass is 79.9. The molecule has 0 aromatic heterocycles. The first-order valence-electron chi connectivity index (χ1n) is 7.17. The van der Waals surface area contributed by atoms with Gasteiger partial charge in [0, 0.05) is 10.6 Å². The van der Waals surface area contributed by atoms with Gasteiger partial charge in [0.2, 0.25) is 0 Å². The van der Waals surface area contributed by atoms with Crippen LogP contribution in [-0.4, -0.2) is 23.8 Å². The molecule has 0 aliphatic heterocycles. The number of benzene rings is 2. The number of phenolic OH excluding ortho intramolecular Hbond substituents is 1. The number of aryl methyl sites for hydroxylation is 2. The fraction of sp³-hybridized carbons (Fsp3) is 0.176. The first-order chi connectivity index (χ1) is 11.8. The molecule has 0 saturated carbocycles. The van der Waals surface area contributed by atoms with Gasteiger partial charge in [-0.3, -0.25) is 4.79 Å². The molecule has 0 heterocycles. The second kappa shape index (κ2) is 8.69. The summed E-state index contributed by atoms with van der Waals surface area (Å²) in [6.07, 6.45) is 1.30. The van der Waals surface area contributed by atoms with E-state index in [9.17, 15) is 9.90 Å². The highest BCUT2D eigenvalue weighted by molar-refractivity contribution is 9.10. The average molecular weight is 491 g/mol. The van der Waals surface area contributed by atoms with Crippen LogP contribution in [0.2, 0.25) is 5.02 Å². The molecule has 0 bridgehead atoms. The number of phenols is 1. The minimum absolute atomic E-state index is 0.0159. The van der Waals surface area contributed by atoms with E-state index < -0.39 is 5.91 Å². The first-order valence-corrected chi connectivity index (χ1v) is 9.13. The lowest BCUT2D eigenvalue weighted by atomic mass is 10.1. The van der Waals surface area contributed by atoms with E-state index in [0.717, 1.165) is 15.6 Å². The minimum Gasteiger partial charge on any atom is -0.506 e. The lowest BCUT2D eigenvalue weighted by molar-refractivity contribution is -0.123. The number of carbonyl (C=O) groups excluding carboxylic acids is 1. The summed E-state index contributed by atoms with van der Waals surface area (Å²) in [5.74, 6) is 0.169. The molecule has 8 heteroatoms. The van der Waals surface area contributed by atoms with Gasteiger partial charge in [-0.1, -0.05) is 17.7 Å². The van der Waals surface area contributed by atoms with E-state index >= 15 is 0 Å². The van der Waals surface area contributed by atoms with Gasteiger partial charge in [-0.2, -0.15) is 5.10 Å². The van der Waals surface area contributed by atoms with Gasteiger partial charge in [0.15, 0.2) is 6.61 Å².